The fraction of sp³-hybridized carbons (Fsp3) is 0.875. The van der Waals surface area contributed by atoms with Crippen LogP contribution in [0.25, 0.3) is 0 Å². The molecule has 0 saturated carbocycles. The molecule has 0 spiro atoms. The first-order valence-electron chi connectivity index (χ1n) is 4.14. The number of unbranched alkanes of at least 4 members (excludes halogenated alkanes) is 2. The average Bonchev–Trinajstić information content (AvgIpc) is 2.11. The minimum atomic E-state index is -0.161. The summed E-state index contributed by atoms with van der Waals surface area (Å²) in [7, 11) is 2.69. The zero-order chi connectivity index (χ0) is 9.40. The Morgan fingerprint density at radius 2 is 2.25 bits per heavy atom. The summed E-state index contributed by atoms with van der Waals surface area (Å²) in [5.41, 5.74) is 0. The maximum absolute atomic E-state index is 11.0. The van der Waals surface area contributed by atoms with Gasteiger partial charge in [-0.25, -0.2) is 0 Å². The first-order valence-corrected chi connectivity index (χ1v) is 6.07. The Balaban J connectivity index is 3.60. The van der Waals surface area contributed by atoms with Crippen LogP contribution >= 0.6 is 22.5 Å². The Morgan fingerprint density at radius 3 is 2.67 bits per heavy atom. The SMILES string of the molecule is CCCCCC(SS)C(=O)OC. The molecule has 1 atom stereocenters. The lowest BCUT2D eigenvalue weighted by atomic mass is 10.1. The molecule has 1 unspecified atom stereocenters. The molecule has 0 aliphatic heterocycles. The second kappa shape index (κ2) is 7.80. The van der Waals surface area contributed by atoms with E-state index in [4.69, 9.17) is 0 Å². The highest BCUT2D eigenvalue weighted by Crippen LogP contribution is 2.21. The van der Waals surface area contributed by atoms with Gasteiger partial charge >= 0.3 is 5.97 Å². The van der Waals surface area contributed by atoms with Crippen LogP contribution < -0.4 is 0 Å². The molecule has 0 heterocycles. The number of esters is 1. The van der Waals surface area contributed by atoms with E-state index in [0.29, 0.717) is 0 Å². The summed E-state index contributed by atoms with van der Waals surface area (Å²) in [5, 5.41) is -0.0927. The molecule has 2 nitrogen and oxygen atoms in total. The first-order chi connectivity index (χ1) is 5.76. The highest BCUT2D eigenvalue weighted by molar-refractivity contribution is 8.69. The predicted molar refractivity (Wildman–Crippen MR) is 56.5 cm³/mol. The molecule has 0 aromatic carbocycles. The Bertz CT molecular complexity index is 128. The van der Waals surface area contributed by atoms with E-state index in [-0.39, 0.29) is 11.2 Å². The molecular weight excluding hydrogens is 192 g/mol. The molecule has 72 valence electrons. The van der Waals surface area contributed by atoms with Crippen molar-refractivity contribution in [1.82, 2.24) is 0 Å². The van der Waals surface area contributed by atoms with Gasteiger partial charge in [-0.15, -0.1) is 11.7 Å². The maximum atomic E-state index is 11.0. The fourth-order valence-electron chi connectivity index (χ4n) is 0.925. The summed E-state index contributed by atoms with van der Waals surface area (Å²) >= 11 is 4.03. The molecule has 0 N–H and O–H groups in total. The molecule has 0 rings (SSSR count). The van der Waals surface area contributed by atoms with E-state index in [0.717, 1.165) is 12.8 Å². The van der Waals surface area contributed by atoms with Gasteiger partial charge in [0.2, 0.25) is 0 Å². The highest BCUT2D eigenvalue weighted by atomic mass is 33.1. The number of hydrogen-bond donors (Lipinski definition) is 1. The molecule has 0 aromatic heterocycles. The number of methoxy groups -OCH3 is 1. The van der Waals surface area contributed by atoms with Crippen LogP contribution in [0.3, 0.4) is 0 Å². The van der Waals surface area contributed by atoms with Gasteiger partial charge in [-0.3, -0.25) is 4.79 Å². The van der Waals surface area contributed by atoms with Gasteiger partial charge in [0.15, 0.2) is 0 Å². The van der Waals surface area contributed by atoms with Crippen molar-refractivity contribution >= 4 is 28.4 Å². The number of carbonyl (C=O) groups is 1. The summed E-state index contributed by atoms with van der Waals surface area (Å²) in [6.45, 7) is 2.14. The van der Waals surface area contributed by atoms with Crippen LogP contribution in [0.1, 0.15) is 32.6 Å². The zero-order valence-electron chi connectivity index (χ0n) is 7.58. The van der Waals surface area contributed by atoms with Crippen molar-refractivity contribution in [2.45, 2.75) is 37.9 Å². The van der Waals surface area contributed by atoms with Crippen molar-refractivity contribution in [2.24, 2.45) is 0 Å². The van der Waals surface area contributed by atoms with Gasteiger partial charge in [-0.2, -0.15) is 0 Å². The van der Waals surface area contributed by atoms with Crippen molar-refractivity contribution in [3.8, 4) is 0 Å². The molecule has 0 fully saturated rings. The Hall–Kier alpha value is 0.170. The first kappa shape index (κ1) is 12.2. The number of ether oxygens (including phenoxy) is 1. The Labute approximate surface area is 83.2 Å². The van der Waals surface area contributed by atoms with Crippen LogP contribution in [0.4, 0.5) is 0 Å². The van der Waals surface area contributed by atoms with E-state index in [1.54, 1.807) is 0 Å². The minimum absolute atomic E-state index is 0.0927. The summed E-state index contributed by atoms with van der Waals surface area (Å²) in [6.07, 6.45) is 4.28. The Kier molecular flexibility index (Phi) is 7.91. The topological polar surface area (TPSA) is 26.3 Å². The van der Waals surface area contributed by atoms with Gasteiger partial charge < -0.3 is 4.74 Å². The van der Waals surface area contributed by atoms with E-state index >= 15 is 0 Å². The van der Waals surface area contributed by atoms with E-state index in [2.05, 4.69) is 23.3 Å². The van der Waals surface area contributed by atoms with Crippen molar-refractivity contribution in [1.29, 1.82) is 0 Å². The lowest BCUT2D eigenvalue weighted by molar-refractivity contribution is -0.140. The standard InChI is InChI=1S/C8H16O2S2/c1-3-4-5-6-7(12-11)8(9)10-2/h7,11H,3-6H2,1-2H3. The van der Waals surface area contributed by atoms with Crippen LogP contribution in [0.15, 0.2) is 0 Å². The monoisotopic (exact) mass is 208 g/mol. The lowest BCUT2D eigenvalue weighted by Gasteiger charge is -2.09. The number of thiol groups is 1. The van der Waals surface area contributed by atoms with Gasteiger partial charge in [-0.1, -0.05) is 37.0 Å². The average molecular weight is 208 g/mol. The fourth-order valence-corrected chi connectivity index (χ4v) is 1.95. The van der Waals surface area contributed by atoms with Crippen molar-refractivity contribution in [2.75, 3.05) is 7.11 Å². The van der Waals surface area contributed by atoms with Gasteiger partial charge in [0.05, 0.1) is 7.11 Å². The van der Waals surface area contributed by atoms with E-state index in [1.165, 1.54) is 30.7 Å². The number of rotatable bonds is 6. The third-order valence-corrected chi connectivity index (χ3v) is 3.11. The van der Waals surface area contributed by atoms with Crippen LogP contribution in [-0.4, -0.2) is 18.3 Å². The van der Waals surface area contributed by atoms with E-state index < -0.39 is 0 Å². The van der Waals surface area contributed by atoms with Crippen molar-refractivity contribution in [3.63, 3.8) is 0 Å². The third-order valence-electron chi connectivity index (χ3n) is 1.66. The number of hydrogen-bond acceptors (Lipinski definition) is 4. The molecule has 0 bridgehead atoms. The molecule has 0 aliphatic rings. The molecule has 0 radical (unpaired) electrons. The van der Waals surface area contributed by atoms with Gasteiger partial charge in [-0.05, 0) is 6.42 Å². The zero-order valence-corrected chi connectivity index (χ0v) is 9.29. The van der Waals surface area contributed by atoms with Crippen LogP contribution in [0.2, 0.25) is 0 Å². The number of carbonyl (C=O) groups excluding carboxylic acids is 1. The predicted octanol–water partition coefficient (Wildman–Crippen LogP) is 2.69. The maximum Gasteiger partial charge on any atom is 0.319 e. The van der Waals surface area contributed by atoms with Crippen molar-refractivity contribution < 1.29 is 9.53 Å². The molecule has 12 heavy (non-hydrogen) atoms. The second-order valence-electron chi connectivity index (χ2n) is 2.61. The summed E-state index contributed by atoms with van der Waals surface area (Å²) in [4.78, 5) is 11.0. The summed E-state index contributed by atoms with van der Waals surface area (Å²) < 4.78 is 4.63. The molecule has 0 aliphatic carbocycles. The van der Waals surface area contributed by atoms with E-state index in [9.17, 15) is 4.79 Å². The summed E-state index contributed by atoms with van der Waals surface area (Å²) in [5.74, 6) is -0.161. The lowest BCUT2D eigenvalue weighted by Crippen LogP contribution is -2.17. The van der Waals surface area contributed by atoms with Crippen LogP contribution in [0, 0.1) is 0 Å². The minimum Gasteiger partial charge on any atom is -0.468 e. The molecule has 0 aromatic rings. The largest absolute Gasteiger partial charge is 0.468 e. The molecule has 0 amide bonds. The smallest absolute Gasteiger partial charge is 0.319 e. The molecule has 4 heteroatoms. The van der Waals surface area contributed by atoms with Crippen LogP contribution in [-0.2, 0) is 9.53 Å². The Morgan fingerprint density at radius 1 is 1.58 bits per heavy atom. The molecular formula is C8H16O2S2. The quantitative estimate of drug-likeness (QED) is 0.314. The highest BCUT2D eigenvalue weighted by Gasteiger charge is 2.17. The normalized spacial score (nSPS) is 12.6. The van der Waals surface area contributed by atoms with E-state index in [1.807, 2.05) is 0 Å². The summed E-state index contributed by atoms with van der Waals surface area (Å²) in [6, 6.07) is 0. The molecule has 0 saturated heterocycles. The van der Waals surface area contributed by atoms with Gasteiger partial charge in [0, 0.05) is 0 Å². The van der Waals surface area contributed by atoms with Gasteiger partial charge in [0.25, 0.3) is 0 Å². The van der Waals surface area contributed by atoms with Crippen molar-refractivity contribution in [3.05, 3.63) is 0 Å². The van der Waals surface area contributed by atoms with Crippen LogP contribution in [0.5, 0.6) is 0 Å². The second-order valence-corrected chi connectivity index (χ2v) is 4.03. The third kappa shape index (κ3) is 4.93. The van der Waals surface area contributed by atoms with Gasteiger partial charge in [0.1, 0.15) is 5.25 Å².